The molecule has 1 aliphatic rings. The molecule has 1 heterocycles. The van der Waals surface area contributed by atoms with Gasteiger partial charge in [0, 0.05) is 13.0 Å². The van der Waals surface area contributed by atoms with Gasteiger partial charge >= 0.3 is 5.97 Å². The van der Waals surface area contributed by atoms with Crippen LogP contribution in [0.1, 0.15) is 206 Å². The smallest absolute Gasteiger partial charge is 0.306 e. The Hall–Kier alpha value is -2.11. The maximum Gasteiger partial charge on any atom is 0.306 e. The molecule has 1 fully saturated rings. The minimum absolute atomic E-state index is 0.116. The predicted octanol–water partition coefficient (Wildman–Crippen LogP) is 12.3. The molecular formula is C53H94O9. The molecule has 0 saturated carbocycles. The largest absolute Gasteiger partial charge is 0.457 e. The highest BCUT2D eigenvalue weighted by Gasteiger charge is 2.44. The molecule has 0 amide bonds. The number of rotatable bonds is 43. The van der Waals surface area contributed by atoms with Crippen molar-refractivity contribution < 1.29 is 44.2 Å². The van der Waals surface area contributed by atoms with E-state index in [0.717, 1.165) is 70.6 Å². The van der Waals surface area contributed by atoms with E-state index in [-0.39, 0.29) is 19.2 Å². The molecule has 360 valence electrons. The molecule has 1 saturated heterocycles. The van der Waals surface area contributed by atoms with Crippen LogP contribution in [0, 0.1) is 0 Å². The fourth-order valence-electron chi connectivity index (χ4n) is 7.52. The zero-order valence-corrected chi connectivity index (χ0v) is 39.6. The van der Waals surface area contributed by atoms with Gasteiger partial charge in [0.15, 0.2) is 6.29 Å². The van der Waals surface area contributed by atoms with Gasteiger partial charge in [-0.15, -0.1) is 0 Å². The molecule has 0 radical (unpaired) electrons. The number of aliphatic hydroxyl groups is 4. The fourth-order valence-corrected chi connectivity index (χ4v) is 7.52. The van der Waals surface area contributed by atoms with Gasteiger partial charge in [0.2, 0.25) is 0 Å². The summed E-state index contributed by atoms with van der Waals surface area (Å²) in [6.07, 6.45) is 49.6. The normalized spacial score (nSPS) is 20.3. The third kappa shape index (κ3) is 34.3. The zero-order valence-electron chi connectivity index (χ0n) is 39.6. The van der Waals surface area contributed by atoms with Crippen molar-refractivity contribution in [3.05, 3.63) is 60.8 Å². The van der Waals surface area contributed by atoms with Crippen molar-refractivity contribution in [2.45, 2.75) is 243 Å². The third-order valence-corrected chi connectivity index (χ3v) is 11.4. The van der Waals surface area contributed by atoms with Crippen LogP contribution >= 0.6 is 0 Å². The predicted molar refractivity (Wildman–Crippen MR) is 256 cm³/mol. The summed E-state index contributed by atoms with van der Waals surface area (Å²) in [5.41, 5.74) is 0. The number of hydrogen-bond acceptors (Lipinski definition) is 9. The van der Waals surface area contributed by atoms with Gasteiger partial charge in [-0.2, -0.15) is 0 Å². The van der Waals surface area contributed by atoms with Gasteiger partial charge in [-0.05, 0) is 57.8 Å². The second-order valence-corrected chi connectivity index (χ2v) is 17.2. The molecular weight excluding hydrogens is 781 g/mol. The van der Waals surface area contributed by atoms with E-state index in [0.29, 0.717) is 13.0 Å². The Morgan fingerprint density at radius 2 is 0.984 bits per heavy atom. The Balaban J connectivity index is 2.19. The minimum atomic E-state index is -1.54. The van der Waals surface area contributed by atoms with Crippen molar-refractivity contribution >= 4 is 5.97 Å². The van der Waals surface area contributed by atoms with Crippen LogP contribution in [0.2, 0.25) is 0 Å². The molecule has 0 aromatic carbocycles. The third-order valence-electron chi connectivity index (χ3n) is 11.4. The van der Waals surface area contributed by atoms with E-state index < -0.39 is 43.4 Å². The van der Waals surface area contributed by atoms with Crippen molar-refractivity contribution in [3.8, 4) is 0 Å². The molecule has 4 N–H and O–H groups in total. The van der Waals surface area contributed by atoms with E-state index in [9.17, 15) is 25.2 Å². The van der Waals surface area contributed by atoms with E-state index >= 15 is 0 Å². The van der Waals surface area contributed by atoms with Crippen LogP contribution in [-0.2, 0) is 23.7 Å². The molecule has 0 spiro atoms. The van der Waals surface area contributed by atoms with Gasteiger partial charge in [-0.25, -0.2) is 0 Å². The van der Waals surface area contributed by atoms with Crippen LogP contribution in [0.15, 0.2) is 60.8 Å². The van der Waals surface area contributed by atoms with E-state index in [1.54, 1.807) is 0 Å². The second kappa shape index (κ2) is 44.1. The lowest BCUT2D eigenvalue weighted by Gasteiger charge is -2.39. The molecule has 0 bridgehead atoms. The van der Waals surface area contributed by atoms with E-state index in [4.69, 9.17) is 18.9 Å². The van der Waals surface area contributed by atoms with Crippen molar-refractivity contribution in [1.29, 1.82) is 0 Å². The first kappa shape index (κ1) is 57.9. The summed E-state index contributed by atoms with van der Waals surface area (Å²) in [5.74, 6) is -0.319. The average molecular weight is 875 g/mol. The van der Waals surface area contributed by atoms with E-state index in [1.807, 2.05) is 0 Å². The summed E-state index contributed by atoms with van der Waals surface area (Å²) in [7, 11) is 0. The Morgan fingerprint density at radius 3 is 1.48 bits per heavy atom. The lowest BCUT2D eigenvalue weighted by molar-refractivity contribution is -0.305. The molecule has 6 unspecified atom stereocenters. The Kier molecular flexibility index (Phi) is 41.2. The number of hydrogen-bond donors (Lipinski definition) is 4. The van der Waals surface area contributed by atoms with Crippen LogP contribution in [0.3, 0.4) is 0 Å². The lowest BCUT2D eigenvalue weighted by atomic mass is 9.99. The monoisotopic (exact) mass is 875 g/mol. The maximum absolute atomic E-state index is 12.8. The highest BCUT2D eigenvalue weighted by Crippen LogP contribution is 2.23. The summed E-state index contributed by atoms with van der Waals surface area (Å²) >= 11 is 0. The Labute approximate surface area is 379 Å². The van der Waals surface area contributed by atoms with Crippen molar-refractivity contribution in [3.63, 3.8) is 0 Å². The van der Waals surface area contributed by atoms with Crippen LogP contribution in [-0.4, -0.2) is 89.6 Å². The van der Waals surface area contributed by atoms with Crippen molar-refractivity contribution in [2.75, 3.05) is 26.4 Å². The van der Waals surface area contributed by atoms with Gasteiger partial charge in [-0.1, -0.05) is 203 Å². The first-order valence-electron chi connectivity index (χ1n) is 25.4. The quantitative estimate of drug-likeness (QED) is 0.0268. The zero-order chi connectivity index (χ0) is 45.0. The molecule has 62 heavy (non-hydrogen) atoms. The minimum Gasteiger partial charge on any atom is -0.457 e. The topological polar surface area (TPSA) is 135 Å². The Morgan fingerprint density at radius 1 is 0.532 bits per heavy atom. The number of allylic oxidation sites excluding steroid dienone is 10. The molecule has 0 aromatic rings. The fraction of sp³-hybridized carbons (Fsp3) is 0.792. The van der Waals surface area contributed by atoms with E-state index in [2.05, 4.69) is 74.6 Å². The van der Waals surface area contributed by atoms with Crippen LogP contribution < -0.4 is 0 Å². The van der Waals surface area contributed by atoms with Crippen LogP contribution in [0.5, 0.6) is 0 Å². The molecule has 0 aliphatic carbocycles. The van der Waals surface area contributed by atoms with E-state index in [1.165, 1.54) is 116 Å². The number of esters is 1. The van der Waals surface area contributed by atoms with Crippen molar-refractivity contribution in [1.82, 2.24) is 0 Å². The van der Waals surface area contributed by atoms with Gasteiger partial charge in [0.05, 0.1) is 19.8 Å². The molecule has 9 heteroatoms. The number of carbonyl (C=O) groups is 1. The summed E-state index contributed by atoms with van der Waals surface area (Å²) in [6.45, 7) is 4.46. The number of carbonyl (C=O) groups excluding carboxylic acids is 1. The first-order chi connectivity index (χ1) is 30.4. The molecule has 9 nitrogen and oxygen atoms in total. The second-order valence-electron chi connectivity index (χ2n) is 17.2. The summed E-state index contributed by atoms with van der Waals surface area (Å²) < 4.78 is 22.9. The summed E-state index contributed by atoms with van der Waals surface area (Å²) in [4.78, 5) is 12.8. The number of ether oxygens (including phenoxy) is 4. The number of aliphatic hydroxyl groups excluding tert-OH is 4. The summed E-state index contributed by atoms with van der Waals surface area (Å²) in [5, 5.41) is 40.2. The summed E-state index contributed by atoms with van der Waals surface area (Å²) in [6, 6.07) is 0. The maximum atomic E-state index is 12.8. The van der Waals surface area contributed by atoms with Gasteiger partial charge in [0.1, 0.15) is 30.5 Å². The number of unbranched alkanes of at least 4 members (excludes halogenated alkanes) is 22. The highest BCUT2D eigenvalue weighted by atomic mass is 16.7. The standard InChI is InChI=1S/C53H94O9/c1-3-5-7-9-11-13-15-17-19-20-21-22-23-24-25-26-27-28-29-30-32-34-36-38-40-42-49(55)61-47(46-60-53-52(58)51(57)50(56)48(44-54)62-53)45-59-43-41-39-37-35-33-31-18-16-14-12-10-8-6-4-2/h5,7,11,13,17,19,21-22,24-25,47-48,50-54,56-58H,3-4,6,8-10,12,14-16,18,20,23,26-46H2,1-2H3/b7-5-,13-11-,19-17-,22-21-,25-24-. The van der Waals surface area contributed by atoms with Gasteiger partial charge < -0.3 is 39.4 Å². The van der Waals surface area contributed by atoms with Crippen LogP contribution in [0.25, 0.3) is 0 Å². The lowest BCUT2D eigenvalue weighted by Crippen LogP contribution is -2.59. The SMILES string of the molecule is CC/C=C\C/C=C\C/C=C\C/C=C\C/C=C\CCCCCCCCCCCC(=O)OC(COCCCCCCCCCCCCCCCC)COC1OC(CO)C(O)C(O)C1O. The van der Waals surface area contributed by atoms with Crippen molar-refractivity contribution in [2.24, 2.45) is 0 Å². The molecule has 1 rings (SSSR count). The average Bonchev–Trinajstić information content (AvgIpc) is 3.27. The molecule has 0 aromatic heterocycles. The molecule has 1 aliphatic heterocycles. The van der Waals surface area contributed by atoms with Gasteiger partial charge in [-0.3, -0.25) is 4.79 Å². The van der Waals surface area contributed by atoms with Gasteiger partial charge in [0.25, 0.3) is 0 Å². The first-order valence-corrected chi connectivity index (χ1v) is 25.4. The van der Waals surface area contributed by atoms with Crippen LogP contribution in [0.4, 0.5) is 0 Å². The molecule has 6 atom stereocenters. The highest BCUT2D eigenvalue weighted by molar-refractivity contribution is 5.69. The Bertz CT molecular complexity index is 1130.